The highest BCUT2D eigenvalue weighted by Crippen LogP contribution is 2.08. The molecule has 0 spiro atoms. The Hall–Kier alpha value is -2.82. The van der Waals surface area contributed by atoms with Crippen LogP contribution in [0, 0.1) is 0 Å². The molecule has 20 heavy (non-hydrogen) atoms. The Morgan fingerprint density at radius 1 is 1.25 bits per heavy atom. The molecule has 0 saturated heterocycles. The molecular weight excluding hydrogens is 252 g/mol. The Kier molecular flexibility index (Phi) is 3.33. The van der Waals surface area contributed by atoms with Crippen LogP contribution in [0.25, 0.3) is 5.69 Å². The van der Waals surface area contributed by atoms with Crippen molar-refractivity contribution in [1.29, 1.82) is 0 Å². The van der Waals surface area contributed by atoms with Crippen molar-refractivity contribution < 1.29 is 4.79 Å². The van der Waals surface area contributed by atoms with Crippen molar-refractivity contribution in [2.24, 2.45) is 0 Å². The van der Waals surface area contributed by atoms with E-state index in [0.29, 0.717) is 12.1 Å². The van der Waals surface area contributed by atoms with Crippen LogP contribution in [0.1, 0.15) is 15.9 Å². The first-order valence-electron chi connectivity index (χ1n) is 6.33. The monoisotopic (exact) mass is 266 g/mol. The van der Waals surface area contributed by atoms with E-state index in [1.165, 1.54) is 0 Å². The van der Waals surface area contributed by atoms with Gasteiger partial charge in [0.05, 0.1) is 5.69 Å². The molecule has 0 aliphatic carbocycles. The lowest BCUT2D eigenvalue weighted by molar-refractivity contribution is 0.0951. The number of rotatable bonds is 4. The third-order valence-electron chi connectivity index (χ3n) is 3.01. The number of nitrogens with one attached hydrogen (secondary N) is 2. The summed E-state index contributed by atoms with van der Waals surface area (Å²) in [5, 5.41) is 7.02. The van der Waals surface area contributed by atoms with Crippen molar-refractivity contribution in [3.8, 4) is 5.69 Å². The van der Waals surface area contributed by atoms with Gasteiger partial charge in [-0.3, -0.25) is 4.79 Å². The molecule has 0 bridgehead atoms. The number of hydrogen-bond donors (Lipinski definition) is 2. The molecular formula is C15H14N4O. The minimum absolute atomic E-state index is 0.0850. The van der Waals surface area contributed by atoms with Crippen LogP contribution in [0.3, 0.4) is 0 Å². The fraction of sp³-hybridized carbons (Fsp3) is 0.0667. The van der Waals surface area contributed by atoms with E-state index >= 15 is 0 Å². The van der Waals surface area contributed by atoms with Gasteiger partial charge in [0.1, 0.15) is 0 Å². The summed E-state index contributed by atoms with van der Waals surface area (Å²) < 4.78 is 1.75. The maximum absolute atomic E-state index is 12.0. The predicted molar refractivity (Wildman–Crippen MR) is 75.5 cm³/mol. The Morgan fingerprint density at radius 2 is 2.10 bits per heavy atom. The summed E-state index contributed by atoms with van der Waals surface area (Å²) in [6.45, 7) is 0.517. The first-order valence-corrected chi connectivity index (χ1v) is 6.33. The van der Waals surface area contributed by atoms with E-state index in [4.69, 9.17) is 0 Å². The van der Waals surface area contributed by atoms with Gasteiger partial charge < -0.3 is 10.3 Å². The Balaban J connectivity index is 1.66. The van der Waals surface area contributed by atoms with Crippen LogP contribution < -0.4 is 5.32 Å². The standard InChI is InChI=1S/C15H14N4O/c20-15(17-11-12-6-8-16-10-12)13-2-4-14(5-3-13)19-9-1-7-18-19/h1-10,16H,11H2,(H,17,20). The highest BCUT2D eigenvalue weighted by Gasteiger charge is 2.05. The third-order valence-corrected chi connectivity index (χ3v) is 3.01. The van der Waals surface area contributed by atoms with Gasteiger partial charge in [-0.05, 0) is 42.0 Å². The summed E-state index contributed by atoms with van der Waals surface area (Å²) in [6.07, 6.45) is 7.28. The maximum Gasteiger partial charge on any atom is 0.251 e. The van der Waals surface area contributed by atoms with Crippen molar-refractivity contribution in [2.45, 2.75) is 6.54 Å². The van der Waals surface area contributed by atoms with Crippen molar-refractivity contribution in [2.75, 3.05) is 0 Å². The zero-order valence-corrected chi connectivity index (χ0v) is 10.8. The van der Waals surface area contributed by atoms with Gasteiger partial charge in [0.15, 0.2) is 0 Å². The van der Waals surface area contributed by atoms with Crippen LogP contribution in [0.4, 0.5) is 0 Å². The normalized spacial score (nSPS) is 10.4. The zero-order valence-electron chi connectivity index (χ0n) is 10.8. The average Bonchev–Trinajstić information content (AvgIpc) is 3.18. The number of aromatic amines is 1. The first-order chi connectivity index (χ1) is 9.83. The molecule has 100 valence electrons. The Morgan fingerprint density at radius 3 is 2.75 bits per heavy atom. The highest BCUT2D eigenvalue weighted by molar-refractivity contribution is 5.94. The molecule has 1 aromatic carbocycles. The molecule has 0 atom stereocenters. The number of benzene rings is 1. The van der Waals surface area contributed by atoms with E-state index in [9.17, 15) is 4.79 Å². The van der Waals surface area contributed by atoms with Crippen LogP contribution >= 0.6 is 0 Å². The second-order valence-electron chi connectivity index (χ2n) is 4.40. The van der Waals surface area contributed by atoms with Gasteiger partial charge in [-0.25, -0.2) is 4.68 Å². The van der Waals surface area contributed by atoms with Gasteiger partial charge in [-0.2, -0.15) is 5.10 Å². The Labute approximate surface area is 116 Å². The summed E-state index contributed by atoms with van der Waals surface area (Å²) in [6, 6.07) is 11.1. The van der Waals surface area contributed by atoms with E-state index in [1.54, 1.807) is 23.0 Å². The van der Waals surface area contributed by atoms with Gasteiger partial charge in [-0.15, -0.1) is 0 Å². The summed E-state index contributed by atoms with van der Waals surface area (Å²) in [5.74, 6) is -0.0850. The SMILES string of the molecule is O=C(NCc1cc[nH]c1)c1ccc(-n2cccn2)cc1. The predicted octanol–water partition coefficient (Wildman–Crippen LogP) is 2.13. The fourth-order valence-corrected chi connectivity index (χ4v) is 1.94. The number of carbonyl (C=O) groups excluding carboxylic acids is 1. The maximum atomic E-state index is 12.0. The highest BCUT2D eigenvalue weighted by atomic mass is 16.1. The molecule has 3 aromatic rings. The molecule has 3 rings (SSSR count). The van der Waals surface area contributed by atoms with Crippen LogP contribution in [0.15, 0.2) is 61.2 Å². The van der Waals surface area contributed by atoms with Crippen LogP contribution in [-0.2, 0) is 6.54 Å². The largest absolute Gasteiger partial charge is 0.367 e. The number of H-pyrrole nitrogens is 1. The van der Waals surface area contributed by atoms with Gasteiger partial charge in [0.25, 0.3) is 5.91 Å². The summed E-state index contributed by atoms with van der Waals surface area (Å²) >= 11 is 0. The molecule has 2 aromatic heterocycles. The van der Waals surface area contributed by atoms with E-state index in [-0.39, 0.29) is 5.91 Å². The van der Waals surface area contributed by atoms with Gasteiger partial charge in [0, 0.05) is 36.9 Å². The number of hydrogen-bond acceptors (Lipinski definition) is 2. The van der Waals surface area contributed by atoms with Crippen molar-refractivity contribution in [3.05, 3.63) is 72.3 Å². The van der Waals surface area contributed by atoms with Crippen molar-refractivity contribution >= 4 is 5.91 Å². The van der Waals surface area contributed by atoms with E-state index in [1.807, 2.05) is 42.9 Å². The van der Waals surface area contributed by atoms with E-state index < -0.39 is 0 Å². The zero-order chi connectivity index (χ0) is 13.8. The minimum atomic E-state index is -0.0850. The lowest BCUT2D eigenvalue weighted by Gasteiger charge is -2.05. The molecule has 0 unspecified atom stereocenters. The second-order valence-corrected chi connectivity index (χ2v) is 4.40. The van der Waals surface area contributed by atoms with Crippen LogP contribution in [0.5, 0.6) is 0 Å². The molecule has 2 heterocycles. The average molecular weight is 266 g/mol. The number of aromatic nitrogens is 3. The number of nitrogens with zero attached hydrogens (tertiary/aromatic N) is 2. The fourth-order valence-electron chi connectivity index (χ4n) is 1.94. The van der Waals surface area contributed by atoms with Gasteiger partial charge in [-0.1, -0.05) is 0 Å². The smallest absolute Gasteiger partial charge is 0.251 e. The van der Waals surface area contributed by atoms with E-state index in [0.717, 1.165) is 11.3 Å². The summed E-state index contributed by atoms with van der Waals surface area (Å²) in [7, 11) is 0. The van der Waals surface area contributed by atoms with E-state index in [2.05, 4.69) is 15.4 Å². The quantitative estimate of drug-likeness (QED) is 0.760. The molecule has 2 N–H and O–H groups in total. The van der Waals surface area contributed by atoms with Gasteiger partial charge >= 0.3 is 0 Å². The molecule has 0 fully saturated rings. The Bertz CT molecular complexity index is 669. The molecule has 5 nitrogen and oxygen atoms in total. The lowest BCUT2D eigenvalue weighted by atomic mass is 10.2. The summed E-state index contributed by atoms with van der Waals surface area (Å²) in [5.41, 5.74) is 2.61. The molecule has 0 saturated carbocycles. The summed E-state index contributed by atoms with van der Waals surface area (Å²) in [4.78, 5) is 14.9. The molecule has 5 heteroatoms. The molecule has 0 aliphatic heterocycles. The van der Waals surface area contributed by atoms with Gasteiger partial charge in [0.2, 0.25) is 0 Å². The minimum Gasteiger partial charge on any atom is -0.367 e. The molecule has 0 aliphatic rings. The number of carbonyl (C=O) groups is 1. The third kappa shape index (κ3) is 2.61. The topological polar surface area (TPSA) is 62.7 Å². The molecule has 0 radical (unpaired) electrons. The van der Waals surface area contributed by atoms with Crippen LogP contribution in [-0.4, -0.2) is 20.7 Å². The van der Waals surface area contributed by atoms with Crippen molar-refractivity contribution in [3.63, 3.8) is 0 Å². The van der Waals surface area contributed by atoms with Crippen LogP contribution in [0.2, 0.25) is 0 Å². The first kappa shape index (κ1) is 12.2. The second kappa shape index (κ2) is 5.44. The van der Waals surface area contributed by atoms with Crippen molar-refractivity contribution in [1.82, 2.24) is 20.1 Å². The molecule has 1 amide bonds. The lowest BCUT2D eigenvalue weighted by Crippen LogP contribution is -2.22. The number of amides is 1.